The van der Waals surface area contributed by atoms with Crippen molar-refractivity contribution in [2.45, 2.75) is 24.4 Å². The number of hydrogen-bond donors (Lipinski definition) is 0. The lowest BCUT2D eigenvalue weighted by Gasteiger charge is -2.33. The topological polar surface area (TPSA) is 41.4 Å². The Kier molecular flexibility index (Phi) is 7.15. The SMILES string of the molecule is C1=CC2C(N=C1)c1ccccc1N2C1=CC(c2cccc3ccccc23)CC(c2ccc(-c3ccc(-c4ccc5ccc6cccc7ccc4c5c67)cn3)nc2)=C1. The molecule has 4 heterocycles. The van der Waals surface area contributed by atoms with E-state index in [0.29, 0.717) is 0 Å². The van der Waals surface area contributed by atoms with Crippen LogP contribution in [0.5, 0.6) is 0 Å². The molecular formula is C53H36N4. The third kappa shape index (κ3) is 5.11. The molecule has 4 heteroatoms. The summed E-state index contributed by atoms with van der Waals surface area (Å²) in [6.07, 6.45) is 16.1. The van der Waals surface area contributed by atoms with Gasteiger partial charge in [-0.05, 0) is 102 Å². The normalized spacial score (nSPS) is 18.7. The van der Waals surface area contributed by atoms with Gasteiger partial charge in [-0.3, -0.25) is 15.0 Å². The first-order valence-electron chi connectivity index (χ1n) is 19.8. The fourth-order valence-electron chi connectivity index (χ4n) is 9.76. The molecule has 1 aliphatic carbocycles. The molecule has 7 aromatic carbocycles. The maximum absolute atomic E-state index is 5.04. The van der Waals surface area contributed by atoms with Gasteiger partial charge >= 0.3 is 0 Å². The smallest absolute Gasteiger partial charge is 0.101 e. The highest BCUT2D eigenvalue weighted by atomic mass is 15.2. The molecule has 2 aliphatic heterocycles. The fraction of sp³-hybridized carbons (Fsp3) is 0.0755. The second-order valence-electron chi connectivity index (χ2n) is 15.5. The van der Waals surface area contributed by atoms with Crippen LogP contribution in [0.3, 0.4) is 0 Å². The van der Waals surface area contributed by atoms with Crippen molar-refractivity contribution in [2.75, 3.05) is 4.90 Å². The van der Waals surface area contributed by atoms with Crippen LogP contribution in [-0.2, 0) is 0 Å². The van der Waals surface area contributed by atoms with Crippen LogP contribution in [0.15, 0.2) is 193 Å². The molecule has 9 aromatic rings. The van der Waals surface area contributed by atoms with E-state index in [1.165, 1.54) is 76.7 Å². The first-order valence-corrected chi connectivity index (χ1v) is 19.8. The van der Waals surface area contributed by atoms with Crippen molar-refractivity contribution in [2.24, 2.45) is 4.99 Å². The van der Waals surface area contributed by atoms with E-state index in [4.69, 9.17) is 15.0 Å². The zero-order chi connectivity index (χ0) is 37.5. The molecule has 0 saturated carbocycles. The molecule has 0 bridgehead atoms. The molecule has 2 aromatic heterocycles. The molecule has 0 amide bonds. The van der Waals surface area contributed by atoms with Gasteiger partial charge in [0.1, 0.15) is 6.04 Å². The van der Waals surface area contributed by atoms with Crippen LogP contribution < -0.4 is 4.90 Å². The second kappa shape index (κ2) is 12.7. The minimum atomic E-state index is 0.0792. The first kappa shape index (κ1) is 32.1. The molecule has 0 radical (unpaired) electrons. The van der Waals surface area contributed by atoms with Gasteiger partial charge in [0.2, 0.25) is 0 Å². The van der Waals surface area contributed by atoms with Gasteiger partial charge in [-0.25, -0.2) is 0 Å². The van der Waals surface area contributed by atoms with Gasteiger partial charge in [-0.15, -0.1) is 0 Å². The molecule has 3 unspecified atom stereocenters. The van der Waals surface area contributed by atoms with Crippen LogP contribution in [-0.4, -0.2) is 22.2 Å². The van der Waals surface area contributed by atoms with Gasteiger partial charge in [0.25, 0.3) is 0 Å². The molecule has 3 atom stereocenters. The molecular weight excluding hydrogens is 693 g/mol. The summed E-state index contributed by atoms with van der Waals surface area (Å²) in [5.74, 6) is 0.182. The molecule has 0 saturated heterocycles. The summed E-state index contributed by atoms with van der Waals surface area (Å²) in [6, 6.07) is 53.0. The average molecular weight is 729 g/mol. The third-order valence-corrected chi connectivity index (χ3v) is 12.4. The lowest BCUT2D eigenvalue weighted by molar-refractivity contribution is 0.653. The largest absolute Gasteiger partial charge is 0.332 e. The minimum Gasteiger partial charge on any atom is -0.332 e. The van der Waals surface area contributed by atoms with Crippen LogP contribution in [0, 0.1) is 0 Å². The van der Waals surface area contributed by atoms with Crippen LogP contribution >= 0.6 is 0 Å². The Labute approximate surface area is 330 Å². The third-order valence-electron chi connectivity index (χ3n) is 12.4. The molecule has 0 spiro atoms. The number of nitrogens with zero attached hydrogens (tertiary/aromatic N) is 4. The van der Waals surface area contributed by atoms with Gasteiger partial charge in [-0.1, -0.05) is 140 Å². The van der Waals surface area contributed by atoms with E-state index < -0.39 is 0 Å². The van der Waals surface area contributed by atoms with Gasteiger partial charge in [-0.2, -0.15) is 0 Å². The van der Waals surface area contributed by atoms with E-state index in [2.05, 4.69) is 175 Å². The van der Waals surface area contributed by atoms with Gasteiger partial charge < -0.3 is 4.90 Å². The lowest BCUT2D eigenvalue weighted by Crippen LogP contribution is -2.33. The molecule has 12 rings (SSSR count). The monoisotopic (exact) mass is 728 g/mol. The fourth-order valence-corrected chi connectivity index (χ4v) is 9.76. The maximum atomic E-state index is 5.04. The molecule has 0 fully saturated rings. The summed E-state index contributed by atoms with van der Waals surface area (Å²) < 4.78 is 0. The van der Waals surface area contributed by atoms with E-state index in [1.807, 2.05) is 18.6 Å². The van der Waals surface area contributed by atoms with E-state index in [9.17, 15) is 0 Å². The van der Waals surface area contributed by atoms with Crippen molar-refractivity contribution in [3.8, 4) is 22.5 Å². The molecule has 268 valence electrons. The number of aliphatic imine (C=N–C) groups is 1. The summed E-state index contributed by atoms with van der Waals surface area (Å²) in [7, 11) is 0. The number of benzene rings is 7. The summed E-state index contributed by atoms with van der Waals surface area (Å²) in [6.45, 7) is 0. The van der Waals surface area contributed by atoms with E-state index >= 15 is 0 Å². The number of aromatic nitrogens is 2. The highest BCUT2D eigenvalue weighted by Gasteiger charge is 2.39. The van der Waals surface area contributed by atoms with Crippen LogP contribution in [0.1, 0.15) is 35.1 Å². The Morgan fingerprint density at radius 2 is 1.23 bits per heavy atom. The Morgan fingerprint density at radius 1 is 0.544 bits per heavy atom. The lowest BCUT2D eigenvalue weighted by atomic mass is 9.82. The van der Waals surface area contributed by atoms with Crippen molar-refractivity contribution >= 4 is 60.6 Å². The predicted octanol–water partition coefficient (Wildman–Crippen LogP) is 12.9. The zero-order valence-corrected chi connectivity index (χ0v) is 31.1. The zero-order valence-electron chi connectivity index (χ0n) is 31.1. The minimum absolute atomic E-state index is 0.0792. The number of rotatable bonds is 5. The molecule has 4 nitrogen and oxygen atoms in total. The highest BCUT2D eigenvalue weighted by molar-refractivity contribution is 6.25. The number of allylic oxidation sites excluding steroid dienone is 4. The molecule has 0 N–H and O–H groups in total. The van der Waals surface area contributed by atoms with Gasteiger partial charge in [0.15, 0.2) is 0 Å². The number of hydrogen-bond acceptors (Lipinski definition) is 4. The van der Waals surface area contributed by atoms with Gasteiger partial charge in [0.05, 0.1) is 17.4 Å². The Bertz CT molecular complexity index is 3150. The van der Waals surface area contributed by atoms with Crippen LogP contribution in [0.2, 0.25) is 0 Å². The van der Waals surface area contributed by atoms with Crippen molar-refractivity contribution in [1.29, 1.82) is 0 Å². The second-order valence-corrected chi connectivity index (χ2v) is 15.5. The summed E-state index contributed by atoms with van der Waals surface area (Å²) in [4.78, 5) is 17.5. The van der Waals surface area contributed by atoms with E-state index in [0.717, 1.165) is 28.9 Å². The summed E-state index contributed by atoms with van der Waals surface area (Å²) >= 11 is 0. The molecule has 57 heavy (non-hydrogen) atoms. The number of fused-ring (bicyclic) bond motifs is 4. The van der Waals surface area contributed by atoms with Gasteiger partial charge in [0, 0.05) is 47.0 Å². The van der Waals surface area contributed by atoms with Crippen molar-refractivity contribution in [3.63, 3.8) is 0 Å². The number of pyridine rings is 2. The summed E-state index contributed by atoms with van der Waals surface area (Å²) in [5.41, 5.74) is 11.5. The number of dihydropyridines is 1. The molecule has 3 aliphatic rings. The quantitative estimate of drug-likeness (QED) is 0.166. The maximum Gasteiger partial charge on any atom is 0.101 e. The number of para-hydroxylation sites is 1. The number of anilines is 1. The first-order chi connectivity index (χ1) is 28.2. The Hall–Kier alpha value is -7.17. The van der Waals surface area contributed by atoms with Crippen molar-refractivity contribution < 1.29 is 0 Å². The van der Waals surface area contributed by atoms with Crippen molar-refractivity contribution in [1.82, 2.24) is 9.97 Å². The van der Waals surface area contributed by atoms with Crippen LogP contribution in [0.4, 0.5) is 5.69 Å². The standard InChI is InChI=1S/C53H36N4/c1-2-12-42-33(8-1)9-6-14-43(42)40-28-39(29-41(30-40)57-49-15-4-3-13-46(49)53-50(57)16-7-27-54-53)37-21-25-47(55-31-37)48-26-22-38(32-56-48)44-23-19-36-18-17-34-10-5-11-35-20-24-45(44)52(36)51(34)35/h1-27,29-32,40,50,53H,28H2. The van der Waals surface area contributed by atoms with Crippen LogP contribution in [0.25, 0.3) is 71.2 Å². The Balaban J connectivity index is 0.902. The highest BCUT2D eigenvalue weighted by Crippen LogP contribution is 2.48. The Morgan fingerprint density at radius 3 is 2.07 bits per heavy atom. The summed E-state index contributed by atoms with van der Waals surface area (Å²) in [5, 5.41) is 10.3. The predicted molar refractivity (Wildman–Crippen MR) is 237 cm³/mol. The average Bonchev–Trinajstić information content (AvgIpc) is 3.62. The van der Waals surface area contributed by atoms with E-state index in [1.54, 1.807) is 0 Å². The van der Waals surface area contributed by atoms with E-state index in [-0.39, 0.29) is 18.0 Å². The van der Waals surface area contributed by atoms with Crippen molar-refractivity contribution in [3.05, 3.63) is 205 Å².